The molecule has 0 spiro atoms. The first-order valence-corrected chi connectivity index (χ1v) is 6.11. The van der Waals surface area contributed by atoms with Crippen LogP contribution >= 0.6 is 11.6 Å². The molecule has 19 heavy (non-hydrogen) atoms. The smallest absolute Gasteiger partial charge is 0.292 e. The second-order valence-corrected chi connectivity index (χ2v) is 4.43. The average Bonchev–Trinajstić information content (AvgIpc) is 2.87. The van der Waals surface area contributed by atoms with Gasteiger partial charge in [0.25, 0.3) is 5.35 Å². The molecule has 0 aliphatic heterocycles. The van der Waals surface area contributed by atoms with E-state index in [0.717, 1.165) is 16.7 Å². The lowest BCUT2D eigenvalue weighted by molar-refractivity contribution is 0.475. The van der Waals surface area contributed by atoms with E-state index in [2.05, 4.69) is 4.98 Å². The first-order valence-electron chi connectivity index (χ1n) is 5.73. The molecule has 0 saturated heterocycles. The van der Waals surface area contributed by atoms with Gasteiger partial charge in [-0.3, -0.25) is 0 Å². The van der Waals surface area contributed by atoms with Crippen LogP contribution in [0, 0.1) is 0 Å². The Bertz CT molecular complexity index is 687. The molecule has 0 aliphatic carbocycles. The summed E-state index contributed by atoms with van der Waals surface area (Å²) in [6, 6.07) is 14.9. The average molecular weight is 272 g/mol. The molecule has 0 aliphatic rings. The molecule has 2 aromatic carbocycles. The molecule has 1 N–H and O–H groups in total. The van der Waals surface area contributed by atoms with Gasteiger partial charge in [0.05, 0.1) is 6.20 Å². The number of benzene rings is 2. The van der Waals surface area contributed by atoms with Gasteiger partial charge in [-0.1, -0.05) is 36.4 Å². The molecular weight excluding hydrogens is 262 g/mol. The SMILES string of the molecule is Oc1ccc(-c2ccc(-c3cnc(Cl)o3)cc2)cc1. The summed E-state index contributed by atoms with van der Waals surface area (Å²) in [5.74, 6) is 0.902. The maximum absolute atomic E-state index is 9.27. The van der Waals surface area contributed by atoms with Crippen molar-refractivity contribution in [3.8, 4) is 28.2 Å². The van der Waals surface area contributed by atoms with Crippen molar-refractivity contribution in [2.75, 3.05) is 0 Å². The van der Waals surface area contributed by atoms with Crippen molar-refractivity contribution in [2.45, 2.75) is 0 Å². The maximum atomic E-state index is 9.27. The summed E-state index contributed by atoms with van der Waals surface area (Å²) in [4.78, 5) is 3.85. The van der Waals surface area contributed by atoms with Crippen molar-refractivity contribution in [3.05, 3.63) is 60.1 Å². The fourth-order valence-corrected chi connectivity index (χ4v) is 2.00. The number of phenols is 1. The Morgan fingerprint density at radius 3 is 1.89 bits per heavy atom. The summed E-state index contributed by atoms with van der Waals surface area (Å²) in [7, 11) is 0. The second-order valence-electron chi connectivity index (χ2n) is 4.10. The molecule has 3 aromatic rings. The third kappa shape index (κ3) is 2.46. The van der Waals surface area contributed by atoms with E-state index in [1.807, 2.05) is 36.4 Å². The van der Waals surface area contributed by atoms with Crippen LogP contribution in [0.4, 0.5) is 0 Å². The number of oxazole rings is 1. The minimum atomic E-state index is 0.137. The third-order valence-electron chi connectivity index (χ3n) is 2.85. The molecule has 0 saturated carbocycles. The number of nitrogens with zero attached hydrogens (tertiary/aromatic N) is 1. The Balaban J connectivity index is 1.92. The molecule has 0 atom stereocenters. The Morgan fingerprint density at radius 2 is 1.37 bits per heavy atom. The van der Waals surface area contributed by atoms with E-state index < -0.39 is 0 Å². The van der Waals surface area contributed by atoms with Crippen LogP contribution in [0.5, 0.6) is 5.75 Å². The lowest BCUT2D eigenvalue weighted by Crippen LogP contribution is -1.78. The monoisotopic (exact) mass is 271 g/mol. The Kier molecular flexibility index (Phi) is 2.97. The molecule has 1 aromatic heterocycles. The summed E-state index contributed by atoms with van der Waals surface area (Å²) >= 11 is 5.65. The van der Waals surface area contributed by atoms with Crippen molar-refractivity contribution in [2.24, 2.45) is 0 Å². The molecule has 3 rings (SSSR count). The zero-order valence-corrected chi connectivity index (χ0v) is 10.6. The lowest BCUT2D eigenvalue weighted by Gasteiger charge is -2.03. The van der Waals surface area contributed by atoms with Crippen molar-refractivity contribution in [3.63, 3.8) is 0 Å². The molecular formula is C15H10ClNO2. The lowest BCUT2D eigenvalue weighted by atomic mass is 10.0. The fourth-order valence-electron chi connectivity index (χ4n) is 1.87. The van der Waals surface area contributed by atoms with Crippen molar-refractivity contribution >= 4 is 11.6 Å². The van der Waals surface area contributed by atoms with Gasteiger partial charge in [-0.25, -0.2) is 4.98 Å². The number of phenolic OH excluding ortho intramolecular Hbond substituents is 1. The standard InChI is InChI=1S/C15H10ClNO2/c16-15-17-9-14(19-15)12-3-1-10(2-4-12)11-5-7-13(18)8-6-11/h1-9,18H. The van der Waals surface area contributed by atoms with Crippen LogP contribution < -0.4 is 0 Å². The van der Waals surface area contributed by atoms with Gasteiger partial charge in [0, 0.05) is 5.56 Å². The van der Waals surface area contributed by atoms with Crippen LogP contribution in [0.25, 0.3) is 22.5 Å². The summed E-state index contributed by atoms with van der Waals surface area (Å²) in [5.41, 5.74) is 3.02. The van der Waals surface area contributed by atoms with Gasteiger partial charge < -0.3 is 9.52 Å². The number of aromatic nitrogens is 1. The van der Waals surface area contributed by atoms with E-state index in [1.165, 1.54) is 0 Å². The number of hydrogen-bond acceptors (Lipinski definition) is 3. The summed E-state index contributed by atoms with van der Waals surface area (Å²) in [6.07, 6.45) is 1.60. The predicted molar refractivity (Wildman–Crippen MR) is 74.0 cm³/mol. The van der Waals surface area contributed by atoms with E-state index >= 15 is 0 Å². The van der Waals surface area contributed by atoms with Gasteiger partial charge >= 0.3 is 0 Å². The van der Waals surface area contributed by atoms with Crippen molar-refractivity contribution < 1.29 is 9.52 Å². The zero-order valence-electron chi connectivity index (χ0n) is 9.88. The van der Waals surface area contributed by atoms with Crippen molar-refractivity contribution in [1.29, 1.82) is 0 Å². The largest absolute Gasteiger partial charge is 0.508 e. The highest BCUT2D eigenvalue weighted by molar-refractivity contribution is 6.27. The first-order chi connectivity index (χ1) is 9.22. The van der Waals surface area contributed by atoms with Crippen molar-refractivity contribution in [1.82, 2.24) is 4.98 Å². The fraction of sp³-hybridized carbons (Fsp3) is 0. The topological polar surface area (TPSA) is 46.3 Å². The van der Waals surface area contributed by atoms with E-state index in [4.69, 9.17) is 16.0 Å². The molecule has 4 heteroatoms. The van der Waals surface area contributed by atoms with Gasteiger partial charge in [0.2, 0.25) is 0 Å². The Morgan fingerprint density at radius 1 is 0.842 bits per heavy atom. The van der Waals surface area contributed by atoms with Crippen LogP contribution in [0.3, 0.4) is 0 Å². The first kappa shape index (κ1) is 11.8. The highest BCUT2D eigenvalue weighted by Crippen LogP contribution is 2.27. The molecule has 0 radical (unpaired) electrons. The highest BCUT2D eigenvalue weighted by Gasteiger charge is 2.05. The van der Waals surface area contributed by atoms with Gasteiger partial charge in [0.1, 0.15) is 5.75 Å². The number of halogens is 1. The second kappa shape index (κ2) is 4.78. The van der Waals surface area contributed by atoms with E-state index in [1.54, 1.807) is 18.3 Å². The van der Waals surface area contributed by atoms with Crippen LogP contribution in [0.1, 0.15) is 0 Å². The third-order valence-corrected chi connectivity index (χ3v) is 3.02. The van der Waals surface area contributed by atoms with E-state index in [0.29, 0.717) is 5.76 Å². The molecule has 3 nitrogen and oxygen atoms in total. The van der Waals surface area contributed by atoms with Crippen LogP contribution in [0.15, 0.2) is 59.1 Å². The molecule has 1 heterocycles. The van der Waals surface area contributed by atoms with Gasteiger partial charge in [-0.05, 0) is 34.9 Å². The Labute approximate surface area is 115 Å². The Hall–Kier alpha value is -2.26. The van der Waals surface area contributed by atoms with Crippen LogP contribution in [-0.2, 0) is 0 Å². The van der Waals surface area contributed by atoms with Gasteiger partial charge in [0.15, 0.2) is 5.76 Å². The highest BCUT2D eigenvalue weighted by atomic mass is 35.5. The maximum Gasteiger partial charge on any atom is 0.292 e. The van der Waals surface area contributed by atoms with Crippen LogP contribution in [0.2, 0.25) is 5.35 Å². The van der Waals surface area contributed by atoms with E-state index in [-0.39, 0.29) is 11.1 Å². The summed E-state index contributed by atoms with van der Waals surface area (Å²) in [6.45, 7) is 0. The predicted octanol–water partition coefficient (Wildman–Crippen LogP) is 4.37. The molecule has 94 valence electrons. The quantitative estimate of drug-likeness (QED) is 0.753. The minimum Gasteiger partial charge on any atom is -0.508 e. The van der Waals surface area contributed by atoms with Gasteiger partial charge in [-0.2, -0.15) is 0 Å². The van der Waals surface area contributed by atoms with Crippen LogP contribution in [-0.4, -0.2) is 10.1 Å². The van der Waals surface area contributed by atoms with Gasteiger partial charge in [-0.15, -0.1) is 0 Å². The zero-order chi connectivity index (χ0) is 13.2. The number of hydrogen-bond donors (Lipinski definition) is 1. The number of rotatable bonds is 2. The molecule has 0 fully saturated rings. The number of aromatic hydroxyl groups is 1. The summed E-state index contributed by atoms with van der Waals surface area (Å²) in [5, 5.41) is 9.40. The molecule has 0 amide bonds. The molecule has 0 unspecified atom stereocenters. The molecule has 0 bridgehead atoms. The minimum absolute atomic E-state index is 0.137. The summed E-state index contributed by atoms with van der Waals surface area (Å²) < 4.78 is 5.25. The normalized spacial score (nSPS) is 10.6. The van der Waals surface area contributed by atoms with E-state index in [9.17, 15) is 5.11 Å².